The van der Waals surface area contributed by atoms with Crippen molar-refractivity contribution in [3.05, 3.63) is 83.2 Å². The molecule has 0 amide bonds. The molecule has 8 heteroatoms. The van der Waals surface area contributed by atoms with Crippen LogP contribution in [0.3, 0.4) is 0 Å². The summed E-state index contributed by atoms with van der Waals surface area (Å²) in [7, 11) is 0. The fourth-order valence-corrected chi connectivity index (χ4v) is 5.20. The van der Waals surface area contributed by atoms with E-state index in [1.165, 1.54) is 0 Å². The molecule has 0 spiro atoms. The number of anilines is 1. The molecule has 2 N–H and O–H groups in total. The third kappa shape index (κ3) is 6.75. The number of pyridine rings is 1. The summed E-state index contributed by atoms with van der Waals surface area (Å²) in [5, 5.41) is 14.1. The molecule has 0 aliphatic carbocycles. The Hall–Kier alpha value is -3.91. The van der Waals surface area contributed by atoms with Crippen molar-refractivity contribution in [1.29, 1.82) is 0 Å². The number of imidazole rings is 1. The van der Waals surface area contributed by atoms with Gasteiger partial charge in [0, 0.05) is 31.4 Å². The number of aromatic hydroxyl groups is 1. The van der Waals surface area contributed by atoms with E-state index in [2.05, 4.69) is 38.8 Å². The lowest BCUT2D eigenvalue weighted by Gasteiger charge is -2.32. The normalized spacial score (nSPS) is 14.5. The predicted octanol–water partition coefficient (Wildman–Crippen LogP) is 4.85. The standard InChI is InChI=1S/C31H37N5O3/c1-22-8-6-11-27-30(22)34-31(36(27)21-26-28(37)13-12-23(2)32-26)33-25-14-17-35(18-15-25)16-7-19-39-29(38)20-24-9-4-3-5-10-24/h3-6,8-13,25,37H,7,14-21H2,1-2H3,(H,33,34). The Labute approximate surface area is 229 Å². The van der Waals surface area contributed by atoms with Crippen LogP contribution in [0.15, 0.2) is 60.7 Å². The number of fused-ring (bicyclic) bond motifs is 1. The number of aryl methyl sites for hydroxylation is 2. The molecule has 2 aromatic heterocycles. The second-order valence-electron chi connectivity index (χ2n) is 10.4. The van der Waals surface area contributed by atoms with Crippen molar-refractivity contribution in [3.63, 3.8) is 0 Å². The van der Waals surface area contributed by atoms with Crippen LogP contribution in [0.4, 0.5) is 5.95 Å². The van der Waals surface area contributed by atoms with Gasteiger partial charge >= 0.3 is 5.97 Å². The smallest absolute Gasteiger partial charge is 0.310 e. The van der Waals surface area contributed by atoms with Crippen LogP contribution in [-0.2, 0) is 22.5 Å². The van der Waals surface area contributed by atoms with E-state index in [1.54, 1.807) is 6.07 Å². The van der Waals surface area contributed by atoms with Crippen LogP contribution in [-0.4, -0.2) is 62.8 Å². The van der Waals surface area contributed by atoms with E-state index in [4.69, 9.17) is 9.72 Å². The van der Waals surface area contributed by atoms with Gasteiger partial charge in [-0.1, -0.05) is 42.5 Å². The zero-order valence-corrected chi connectivity index (χ0v) is 22.8. The summed E-state index contributed by atoms with van der Waals surface area (Å²) in [6, 6.07) is 19.7. The van der Waals surface area contributed by atoms with E-state index in [9.17, 15) is 9.90 Å². The zero-order chi connectivity index (χ0) is 27.2. The van der Waals surface area contributed by atoms with Crippen LogP contribution in [0.2, 0.25) is 0 Å². The topological polar surface area (TPSA) is 92.5 Å². The molecule has 0 unspecified atom stereocenters. The molecule has 204 valence electrons. The number of hydrogen-bond acceptors (Lipinski definition) is 7. The summed E-state index contributed by atoms with van der Waals surface area (Å²) in [5.41, 5.74) is 5.60. The number of carbonyl (C=O) groups is 1. The van der Waals surface area contributed by atoms with Gasteiger partial charge in [-0.05, 0) is 62.4 Å². The third-order valence-corrected chi connectivity index (χ3v) is 7.37. The highest BCUT2D eigenvalue weighted by Gasteiger charge is 2.22. The highest BCUT2D eigenvalue weighted by Crippen LogP contribution is 2.27. The van der Waals surface area contributed by atoms with Crippen LogP contribution in [0.5, 0.6) is 5.75 Å². The maximum absolute atomic E-state index is 12.1. The van der Waals surface area contributed by atoms with E-state index < -0.39 is 0 Å². The number of aromatic nitrogens is 3. The zero-order valence-electron chi connectivity index (χ0n) is 22.8. The molecule has 1 aliphatic heterocycles. The molecule has 8 nitrogen and oxygen atoms in total. The lowest BCUT2D eigenvalue weighted by Crippen LogP contribution is -2.40. The van der Waals surface area contributed by atoms with Gasteiger partial charge in [0.15, 0.2) is 0 Å². The largest absolute Gasteiger partial charge is 0.506 e. The summed E-state index contributed by atoms with van der Waals surface area (Å²) in [6.07, 6.45) is 3.16. The van der Waals surface area contributed by atoms with Gasteiger partial charge in [-0.3, -0.25) is 9.78 Å². The van der Waals surface area contributed by atoms with E-state index in [-0.39, 0.29) is 11.7 Å². The minimum Gasteiger partial charge on any atom is -0.506 e. The highest BCUT2D eigenvalue weighted by molar-refractivity contribution is 5.82. The summed E-state index contributed by atoms with van der Waals surface area (Å²) < 4.78 is 7.57. The molecule has 0 bridgehead atoms. The van der Waals surface area contributed by atoms with Crippen molar-refractivity contribution in [2.45, 2.75) is 52.1 Å². The molecule has 2 aromatic carbocycles. The Morgan fingerprint density at radius 2 is 1.82 bits per heavy atom. The van der Waals surface area contributed by atoms with Crippen LogP contribution < -0.4 is 5.32 Å². The minimum atomic E-state index is -0.170. The van der Waals surface area contributed by atoms with Gasteiger partial charge < -0.3 is 24.6 Å². The van der Waals surface area contributed by atoms with Crippen LogP contribution >= 0.6 is 0 Å². The number of para-hydroxylation sites is 1. The van der Waals surface area contributed by atoms with Crippen molar-refractivity contribution in [1.82, 2.24) is 19.4 Å². The molecular weight excluding hydrogens is 490 g/mol. The number of nitrogens with zero attached hydrogens (tertiary/aromatic N) is 4. The van der Waals surface area contributed by atoms with Crippen molar-refractivity contribution in [3.8, 4) is 5.75 Å². The molecule has 1 aliphatic rings. The Balaban J connectivity index is 1.14. The number of benzene rings is 2. The van der Waals surface area contributed by atoms with Gasteiger partial charge in [0.05, 0.1) is 30.6 Å². The Bertz CT molecular complexity index is 1410. The highest BCUT2D eigenvalue weighted by atomic mass is 16.5. The van der Waals surface area contributed by atoms with E-state index in [1.807, 2.05) is 49.4 Å². The number of likely N-dealkylation sites (tertiary alicyclic amines) is 1. The van der Waals surface area contributed by atoms with Crippen LogP contribution in [0.25, 0.3) is 11.0 Å². The minimum absolute atomic E-state index is 0.170. The number of hydrogen-bond donors (Lipinski definition) is 2. The lowest BCUT2D eigenvalue weighted by molar-refractivity contribution is -0.143. The Morgan fingerprint density at radius 1 is 1.03 bits per heavy atom. The average Bonchev–Trinajstić information content (AvgIpc) is 3.28. The van der Waals surface area contributed by atoms with Gasteiger partial charge in [-0.2, -0.15) is 0 Å². The van der Waals surface area contributed by atoms with Gasteiger partial charge in [-0.25, -0.2) is 4.98 Å². The van der Waals surface area contributed by atoms with Crippen LogP contribution in [0, 0.1) is 13.8 Å². The monoisotopic (exact) mass is 527 g/mol. The van der Waals surface area contributed by atoms with Gasteiger partial charge in [-0.15, -0.1) is 0 Å². The summed E-state index contributed by atoms with van der Waals surface area (Å²) in [5.74, 6) is 0.835. The first-order chi connectivity index (χ1) is 19.0. The second kappa shape index (κ2) is 12.3. The molecular formula is C31H37N5O3. The van der Waals surface area contributed by atoms with Gasteiger partial charge in [0.25, 0.3) is 0 Å². The first-order valence-corrected chi connectivity index (χ1v) is 13.8. The molecule has 1 fully saturated rings. The summed E-state index contributed by atoms with van der Waals surface area (Å²) in [4.78, 5) is 24.0. The van der Waals surface area contributed by atoms with E-state index in [0.717, 1.165) is 72.7 Å². The maximum atomic E-state index is 12.1. The number of carbonyl (C=O) groups excluding carboxylic acids is 1. The second-order valence-corrected chi connectivity index (χ2v) is 10.4. The van der Waals surface area contributed by atoms with Crippen molar-refractivity contribution in [2.75, 3.05) is 31.6 Å². The summed E-state index contributed by atoms with van der Waals surface area (Å²) >= 11 is 0. The third-order valence-electron chi connectivity index (χ3n) is 7.37. The fourth-order valence-electron chi connectivity index (χ4n) is 5.20. The van der Waals surface area contributed by atoms with Gasteiger partial charge in [0.2, 0.25) is 5.95 Å². The van der Waals surface area contributed by atoms with Gasteiger partial charge in [0.1, 0.15) is 11.4 Å². The first kappa shape index (κ1) is 26.7. The number of rotatable bonds is 10. The fraction of sp³-hybridized carbons (Fsp3) is 0.387. The summed E-state index contributed by atoms with van der Waals surface area (Å²) in [6.45, 7) is 7.78. The molecule has 0 radical (unpaired) electrons. The molecule has 1 saturated heterocycles. The molecule has 0 atom stereocenters. The molecule has 3 heterocycles. The SMILES string of the molecule is Cc1ccc(O)c(Cn2c(NC3CCN(CCCOC(=O)Cc4ccccc4)CC3)nc3c(C)cccc32)n1. The van der Waals surface area contributed by atoms with E-state index >= 15 is 0 Å². The molecule has 4 aromatic rings. The first-order valence-electron chi connectivity index (χ1n) is 13.8. The predicted molar refractivity (Wildman–Crippen MR) is 153 cm³/mol. The molecule has 0 saturated carbocycles. The Morgan fingerprint density at radius 3 is 2.62 bits per heavy atom. The molecule has 5 rings (SSSR count). The number of nitrogens with one attached hydrogen (secondary N) is 1. The molecule has 39 heavy (non-hydrogen) atoms. The number of piperidine rings is 1. The van der Waals surface area contributed by atoms with E-state index in [0.29, 0.717) is 31.3 Å². The van der Waals surface area contributed by atoms with Crippen molar-refractivity contribution >= 4 is 23.0 Å². The van der Waals surface area contributed by atoms with Crippen molar-refractivity contribution < 1.29 is 14.6 Å². The maximum Gasteiger partial charge on any atom is 0.310 e. The average molecular weight is 528 g/mol. The quantitative estimate of drug-likeness (QED) is 0.225. The number of ether oxygens (including phenoxy) is 1. The van der Waals surface area contributed by atoms with Crippen molar-refractivity contribution in [2.24, 2.45) is 0 Å². The number of esters is 1. The Kier molecular flexibility index (Phi) is 8.42. The lowest BCUT2D eigenvalue weighted by atomic mass is 10.1. The van der Waals surface area contributed by atoms with Crippen LogP contribution in [0.1, 0.15) is 41.8 Å².